The van der Waals surface area contributed by atoms with E-state index in [0.717, 1.165) is 38.5 Å². The maximum Gasteiger partial charge on any atom is 0.0987 e. The van der Waals surface area contributed by atoms with Gasteiger partial charge in [-0.3, -0.25) is 4.90 Å². The number of nitrogens with zero attached hydrogens (tertiary/aromatic N) is 2. The fourth-order valence-electron chi connectivity index (χ4n) is 1.45. The van der Waals surface area contributed by atoms with E-state index in [0.29, 0.717) is 0 Å². The van der Waals surface area contributed by atoms with Crippen molar-refractivity contribution in [3.05, 3.63) is 0 Å². The van der Waals surface area contributed by atoms with Gasteiger partial charge in [0.1, 0.15) is 0 Å². The van der Waals surface area contributed by atoms with Gasteiger partial charge in [0, 0.05) is 13.1 Å². The third-order valence-corrected chi connectivity index (χ3v) is 2.87. The molecule has 74 valence electrons. The van der Waals surface area contributed by atoms with Gasteiger partial charge in [0.05, 0.1) is 25.3 Å². The minimum atomic E-state index is 0.0938. The summed E-state index contributed by atoms with van der Waals surface area (Å²) in [5.74, 6) is 1.07. The van der Waals surface area contributed by atoms with Crippen molar-refractivity contribution in [1.82, 2.24) is 4.90 Å². The second-order valence-electron chi connectivity index (χ2n) is 3.07. The van der Waals surface area contributed by atoms with Crippen LogP contribution in [0.5, 0.6) is 0 Å². The van der Waals surface area contributed by atoms with Gasteiger partial charge in [-0.2, -0.15) is 17.0 Å². The van der Waals surface area contributed by atoms with Gasteiger partial charge in [-0.1, -0.05) is 0 Å². The van der Waals surface area contributed by atoms with Crippen molar-refractivity contribution in [1.29, 1.82) is 5.26 Å². The smallest absolute Gasteiger partial charge is 0.0987 e. The lowest BCUT2D eigenvalue weighted by molar-refractivity contribution is 0.0265. The third-order valence-electron chi connectivity index (χ3n) is 2.23. The Bertz CT molecular complexity index is 175. The molecule has 0 aromatic carbocycles. The van der Waals surface area contributed by atoms with Crippen molar-refractivity contribution >= 4 is 11.8 Å². The topological polar surface area (TPSA) is 36.3 Å². The Morgan fingerprint density at radius 1 is 1.54 bits per heavy atom. The van der Waals surface area contributed by atoms with Gasteiger partial charge < -0.3 is 4.74 Å². The summed E-state index contributed by atoms with van der Waals surface area (Å²) >= 11 is 1.80. The lowest BCUT2D eigenvalue weighted by Gasteiger charge is -2.30. The lowest BCUT2D eigenvalue weighted by Crippen LogP contribution is -2.43. The molecule has 1 fully saturated rings. The van der Waals surface area contributed by atoms with Crippen LogP contribution < -0.4 is 0 Å². The van der Waals surface area contributed by atoms with Crippen LogP contribution in [0.2, 0.25) is 0 Å². The van der Waals surface area contributed by atoms with Crippen molar-refractivity contribution < 1.29 is 4.74 Å². The van der Waals surface area contributed by atoms with Crippen molar-refractivity contribution in [2.24, 2.45) is 0 Å². The monoisotopic (exact) mass is 200 g/mol. The summed E-state index contributed by atoms with van der Waals surface area (Å²) in [5.41, 5.74) is 0. The Morgan fingerprint density at radius 2 is 2.23 bits per heavy atom. The van der Waals surface area contributed by atoms with Crippen LogP contribution in [0.15, 0.2) is 0 Å². The number of hydrogen-bond acceptors (Lipinski definition) is 4. The summed E-state index contributed by atoms with van der Waals surface area (Å²) in [6.07, 6.45) is 3.05. The molecule has 13 heavy (non-hydrogen) atoms. The molecule has 1 atom stereocenters. The van der Waals surface area contributed by atoms with Gasteiger partial charge in [-0.25, -0.2) is 0 Å². The minimum absolute atomic E-state index is 0.0938. The van der Waals surface area contributed by atoms with E-state index >= 15 is 0 Å². The molecular formula is C9H16N2OS. The molecule has 4 heteroatoms. The zero-order valence-corrected chi connectivity index (χ0v) is 8.85. The molecule has 0 aliphatic carbocycles. The fraction of sp³-hybridized carbons (Fsp3) is 0.889. The van der Waals surface area contributed by atoms with Crippen molar-refractivity contribution in [2.45, 2.75) is 12.5 Å². The number of thioether (sulfide) groups is 1. The second-order valence-corrected chi connectivity index (χ2v) is 4.06. The van der Waals surface area contributed by atoms with Crippen LogP contribution in [0.3, 0.4) is 0 Å². The Morgan fingerprint density at radius 3 is 2.77 bits per heavy atom. The molecule has 0 spiro atoms. The van der Waals surface area contributed by atoms with Gasteiger partial charge >= 0.3 is 0 Å². The average Bonchev–Trinajstić information content (AvgIpc) is 2.21. The summed E-state index contributed by atoms with van der Waals surface area (Å²) in [6, 6.07) is 2.46. The maximum atomic E-state index is 8.96. The summed E-state index contributed by atoms with van der Waals surface area (Å²) in [4.78, 5) is 2.22. The van der Waals surface area contributed by atoms with Crippen LogP contribution in [0.4, 0.5) is 0 Å². The van der Waals surface area contributed by atoms with Crippen LogP contribution in [0.25, 0.3) is 0 Å². The highest BCUT2D eigenvalue weighted by Crippen LogP contribution is 2.09. The highest BCUT2D eigenvalue weighted by molar-refractivity contribution is 7.98. The summed E-state index contributed by atoms with van der Waals surface area (Å²) < 4.78 is 5.24. The highest BCUT2D eigenvalue weighted by atomic mass is 32.2. The molecule has 1 rings (SSSR count). The van der Waals surface area contributed by atoms with Gasteiger partial charge in [0.15, 0.2) is 0 Å². The van der Waals surface area contributed by atoms with E-state index in [1.54, 1.807) is 11.8 Å². The normalized spacial score (nSPS) is 20.9. The summed E-state index contributed by atoms with van der Waals surface area (Å²) in [5, 5.41) is 8.96. The molecule has 0 bridgehead atoms. The van der Waals surface area contributed by atoms with E-state index in [9.17, 15) is 0 Å². The number of nitriles is 1. The third kappa shape index (κ3) is 3.55. The SMILES string of the molecule is CSCCC(C#N)N1CCOCC1. The zero-order chi connectivity index (χ0) is 9.52. The second kappa shape index (κ2) is 6.25. The molecule has 0 amide bonds. The predicted octanol–water partition coefficient (Wildman–Crippen LogP) is 0.964. The van der Waals surface area contributed by atoms with Gasteiger partial charge in [0.25, 0.3) is 0 Å². The van der Waals surface area contributed by atoms with Crippen LogP contribution in [0, 0.1) is 11.3 Å². The zero-order valence-electron chi connectivity index (χ0n) is 8.03. The fourth-order valence-corrected chi connectivity index (χ4v) is 1.91. The molecule has 1 aliphatic heterocycles. The Labute approximate surface area is 84.0 Å². The Kier molecular flexibility index (Phi) is 5.21. The van der Waals surface area contributed by atoms with E-state index in [4.69, 9.17) is 10.00 Å². The molecule has 0 N–H and O–H groups in total. The van der Waals surface area contributed by atoms with Gasteiger partial charge in [-0.15, -0.1) is 0 Å². The maximum absolute atomic E-state index is 8.96. The minimum Gasteiger partial charge on any atom is -0.379 e. The van der Waals surface area contributed by atoms with Crippen LogP contribution in [-0.4, -0.2) is 49.3 Å². The van der Waals surface area contributed by atoms with Crippen LogP contribution >= 0.6 is 11.8 Å². The Balaban J connectivity index is 2.31. The first-order valence-electron chi connectivity index (χ1n) is 4.59. The van der Waals surface area contributed by atoms with E-state index in [1.165, 1.54) is 0 Å². The van der Waals surface area contributed by atoms with E-state index in [2.05, 4.69) is 17.2 Å². The van der Waals surface area contributed by atoms with E-state index < -0.39 is 0 Å². The van der Waals surface area contributed by atoms with E-state index in [-0.39, 0.29) is 6.04 Å². The largest absolute Gasteiger partial charge is 0.379 e. The quantitative estimate of drug-likeness (QED) is 0.677. The molecule has 0 aromatic heterocycles. The van der Waals surface area contributed by atoms with Crippen molar-refractivity contribution in [3.8, 4) is 6.07 Å². The van der Waals surface area contributed by atoms with Crippen LogP contribution in [0.1, 0.15) is 6.42 Å². The number of rotatable bonds is 4. The predicted molar refractivity (Wildman–Crippen MR) is 54.8 cm³/mol. The van der Waals surface area contributed by atoms with Crippen molar-refractivity contribution in [2.75, 3.05) is 38.3 Å². The molecule has 3 nitrogen and oxygen atoms in total. The first kappa shape index (κ1) is 10.8. The first-order chi connectivity index (χ1) is 6.38. The van der Waals surface area contributed by atoms with Gasteiger partial charge in [0.2, 0.25) is 0 Å². The average molecular weight is 200 g/mol. The van der Waals surface area contributed by atoms with Gasteiger partial charge in [-0.05, 0) is 18.4 Å². The molecule has 1 heterocycles. The standard InChI is InChI=1S/C9H16N2OS/c1-13-7-2-9(8-10)11-3-5-12-6-4-11/h9H,2-7H2,1H3. The summed E-state index contributed by atoms with van der Waals surface area (Å²) in [6.45, 7) is 3.37. The Hall–Kier alpha value is -0.240. The number of hydrogen-bond donors (Lipinski definition) is 0. The van der Waals surface area contributed by atoms with Crippen molar-refractivity contribution in [3.63, 3.8) is 0 Å². The van der Waals surface area contributed by atoms with Crippen LogP contribution in [-0.2, 0) is 4.74 Å². The lowest BCUT2D eigenvalue weighted by atomic mass is 10.2. The molecule has 0 aromatic rings. The molecule has 0 saturated carbocycles. The molecule has 1 unspecified atom stereocenters. The highest BCUT2D eigenvalue weighted by Gasteiger charge is 2.19. The summed E-state index contributed by atoms with van der Waals surface area (Å²) in [7, 11) is 0. The number of ether oxygens (including phenoxy) is 1. The molecular weight excluding hydrogens is 184 g/mol. The molecule has 0 radical (unpaired) electrons. The first-order valence-corrected chi connectivity index (χ1v) is 5.98. The number of morpholine rings is 1. The molecule has 1 saturated heterocycles. The van der Waals surface area contributed by atoms with E-state index in [1.807, 2.05) is 0 Å². The molecule has 1 aliphatic rings.